The number of piperidine rings is 1. The predicted molar refractivity (Wildman–Crippen MR) is 112 cm³/mol. The molecule has 0 aliphatic carbocycles. The van der Waals surface area contributed by atoms with E-state index in [9.17, 15) is 4.79 Å². The number of carbonyl (C=O) groups excluding carboxylic acids is 1. The van der Waals surface area contributed by atoms with E-state index in [0.29, 0.717) is 23.2 Å². The van der Waals surface area contributed by atoms with Crippen LogP contribution in [-0.4, -0.2) is 29.3 Å². The molecule has 0 bridgehead atoms. The summed E-state index contributed by atoms with van der Waals surface area (Å²) in [6.45, 7) is 1.42. The van der Waals surface area contributed by atoms with Crippen molar-refractivity contribution in [1.82, 2.24) is 9.97 Å². The zero-order chi connectivity index (χ0) is 19.5. The first kappa shape index (κ1) is 18.4. The zero-order valence-electron chi connectivity index (χ0n) is 15.3. The molecular weight excluding hydrogens is 372 g/mol. The molecule has 5 nitrogen and oxygen atoms in total. The Morgan fingerprint density at radius 1 is 1.07 bits per heavy atom. The van der Waals surface area contributed by atoms with Crippen LogP contribution in [0.25, 0.3) is 11.1 Å². The number of aromatic nitrogens is 2. The number of halogens is 1. The zero-order valence-corrected chi connectivity index (χ0v) is 16.1. The van der Waals surface area contributed by atoms with Crippen molar-refractivity contribution in [3.63, 3.8) is 0 Å². The van der Waals surface area contributed by atoms with E-state index >= 15 is 0 Å². The molecule has 6 heteroatoms. The van der Waals surface area contributed by atoms with Crippen LogP contribution in [0.2, 0.25) is 5.02 Å². The first-order valence-corrected chi connectivity index (χ1v) is 9.66. The Morgan fingerprint density at radius 3 is 2.57 bits per heavy atom. The van der Waals surface area contributed by atoms with Crippen molar-refractivity contribution in [2.45, 2.75) is 12.3 Å². The van der Waals surface area contributed by atoms with Crippen molar-refractivity contribution in [3.8, 4) is 11.1 Å². The molecule has 142 valence electrons. The van der Waals surface area contributed by atoms with Gasteiger partial charge in [-0.2, -0.15) is 0 Å². The molecule has 2 aromatic carbocycles. The number of hydrogen-bond donors (Lipinski definition) is 1. The summed E-state index contributed by atoms with van der Waals surface area (Å²) in [6, 6.07) is 15.5. The number of benzene rings is 2. The Balaban J connectivity index is 1.64. The lowest BCUT2D eigenvalue weighted by Crippen LogP contribution is -2.41. The minimum Gasteiger partial charge on any atom is -0.398 e. The minimum atomic E-state index is -0.0701. The van der Waals surface area contributed by atoms with Gasteiger partial charge in [-0.05, 0) is 47.4 Å². The van der Waals surface area contributed by atoms with Gasteiger partial charge in [-0.15, -0.1) is 0 Å². The molecule has 28 heavy (non-hydrogen) atoms. The number of nitrogens with two attached hydrogens (primary N) is 1. The second kappa shape index (κ2) is 7.98. The Kier molecular flexibility index (Phi) is 5.26. The summed E-state index contributed by atoms with van der Waals surface area (Å²) in [5.74, 6) is 0.619. The average Bonchev–Trinajstić information content (AvgIpc) is 2.74. The summed E-state index contributed by atoms with van der Waals surface area (Å²) in [5.41, 5.74) is 10.1. The maximum atomic E-state index is 11.7. The molecule has 0 radical (unpaired) electrons. The first-order valence-electron chi connectivity index (χ1n) is 9.28. The Bertz CT molecular complexity index is 979. The van der Waals surface area contributed by atoms with Gasteiger partial charge in [0.1, 0.15) is 6.29 Å². The Morgan fingerprint density at radius 2 is 1.86 bits per heavy atom. The molecule has 2 unspecified atom stereocenters. The fourth-order valence-corrected chi connectivity index (χ4v) is 4.05. The van der Waals surface area contributed by atoms with Crippen LogP contribution < -0.4 is 10.6 Å². The van der Waals surface area contributed by atoms with Crippen LogP contribution in [0.15, 0.2) is 60.9 Å². The quantitative estimate of drug-likeness (QED) is 0.532. The lowest BCUT2D eigenvalue weighted by atomic mass is 9.80. The summed E-state index contributed by atoms with van der Waals surface area (Å²) >= 11 is 6.11. The maximum absolute atomic E-state index is 11.7. The molecule has 4 rings (SSSR count). The number of rotatable bonds is 4. The van der Waals surface area contributed by atoms with E-state index in [2.05, 4.69) is 14.9 Å². The fraction of sp³-hybridized carbons (Fsp3) is 0.227. The van der Waals surface area contributed by atoms with Crippen LogP contribution in [0, 0.1) is 5.92 Å². The van der Waals surface area contributed by atoms with E-state index in [1.54, 1.807) is 18.5 Å². The molecule has 1 aliphatic rings. The van der Waals surface area contributed by atoms with Gasteiger partial charge < -0.3 is 15.4 Å². The number of nitrogen functional groups attached to an aromatic ring is 1. The van der Waals surface area contributed by atoms with Crippen LogP contribution >= 0.6 is 11.6 Å². The van der Waals surface area contributed by atoms with E-state index in [1.165, 1.54) is 0 Å². The summed E-state index contributed by atoms with van der Waals surface area (Å²) in [4.78, 5) is 22.5. The Labute approximate surface area is 169 Å². The molecule has 1 aromatic heterocycles. The number of aldehydes is 1. The highest BCUT2D eigenvalue weighted by Gasteiger charge is 2.32. The normalized spacial score (nSPS) is 19.4. The second-order valence-corrected chi connectivity index (χ2v) is 7.48. The van der Waals surface area contributed by atoms with Gasteiger partial charge in [-0.1, -0.05) is 35.9 Å². The van der Waals surface area contributed by atoms with E-state index in [4.69, 9.17) is 17.3 Å². The van der Waals surface area contributed by atoms with Crippen LogP contribution in [0.4, 0.5) is 11.6 Å². The number of hydrogen-bond acceptors (Lipinski definition) is 5. The molecule has 2 heterocycles. The van der Waals surface area contributed by atoms with Crippen LogP contribution in [0.5, 0.6) is 0 Å². The smallest absolute Gasteiger partial charge is 0.225 e. The van der Waals surface area contributed by atoms with Crippen molar-refractivity contribution in [2.75, 3.05) is 23.7 Å². The highest BCUT2D eigenvalue weighted by Crippen LogP contribution is 2.37. The molecule has 1 fully saturated rings. The van der Waals surface area contributed by atoms with Crippen molar-refractivity contribution in [3.05, 3.63) is 71.5 Å². The Hall–Kier alpha value is -2.92. The minimum absolute atomic E-state index is 0.00321. The molecule has 3 aromatic rings. The third kappa shape index (κ3) is 3.71. The van der Waals surface area contributed by atoms with Crippen LogP contribution in [-0.2, 0) is 4.79 Å². The second-order valence-electron chi connectivity index (χ2n) is 7.04. The number of nitrogens with zero attached hydrogens (tertiary/aromatic N) is 3. The van der Waals surface area contributed by atoms with Crippen molar-refractivity contribution >= 4 is 29.5 Å². The van der Waals surface area contributed by atoms with Crippen molar-refractivity contribution < 1.29 is 4.79 Å². The third-order valence-corrected chi connectivity index (χ3v) is 5.56. The van der Waals surface area contributed by atoms with Gasteiger partial charge in [0, 0.05) is 48.0 Å². The van der Waals surface area contributed by atoms with Gasteiger partial charge >= 0.3 is 0 Å². The average molecular weight is 393 g/mol. The largest absolute Gasteiger partial charge is 0.398 e. The molecule has 0 amide bonds. The van der Waals surface area contributed by atoms with Gasteiger partial charge in [0.25, 0.3) is 0 Å². The van der Waals surface area contributed by atoms with Gasteiger partial charge in [0.2, 0.25) is 5.95 Å². The summed E-state index contributed by atoms with van der Waals surface area (Å²) in [6.07, 6.45) is 5.27. The summed E-state index contributed by atoms with van der Waals surface area (Å²) in [7, 11) is 0. The highest BCUT2D eigenvalue weighted by atomic mass is 35.5. The lowest BCUT2D eigenvalue weighted by molar-refractivity contribution is -0.112. The monoisotopic (exact) mass is 392 g/mol. The van der Waals surface area contributed by atoms with Crippen molar-refractivity contribution in [1.29, 1.82) is 0 Å². The van der Waals surface area contributed by atoms with Crippen LogP contribution in [0.3, 0.4) is 0 Å². The molecular formula is C22H21ClN4O. The number of carbonyl (C=O) groups is 1. The topological polar surface area (TPSA) is 72.1 Å². The van der Waals surface area contributed by atoms with Crippen molar-refractivity contribution in [2.24, 2.45) is 5.92 Å². The van der Waals surface area contributed by atoms with E-state index < -0.39 is 0 Å². The SMILES string of the molecule is Nc1cc(-c2cccc(Cl)c2)ccc1C1CN(c2ncccn2)CCC1C=O. The summed E-state index contributed by atoms with van der Waals surface area (Å²) < 4.78 is 0. The maximum Gasteiger partial charge on any atom is 0.225 e. The molecule has 2 N–H and O–H groups in total. The van der Waals surface area contributed by atoms with Gasteiger partial charge in [0.15, 0.2) is 0 Å². The third-order valence-electron chi connectivity index (χ3n) is 5.32. The van der Waals surface area contributed by atoms with E-state index in [0.717, 1.165) is 35.9 Å². The van der Waals surface area contributed by atoms with Gasteiger partial charge in [0.05, 0.1) is 0 Å². The molecule has 1 aliphatic heterocycles. The first-order chi connectivity index (χ1) is 13.7. The molecule has 2 atom stereocenters. The standard InChI is InChI=1S/C22H21ClN4O/c23-18-4-1-3-15(11-18)16-5-6-19(21(24)12-16)20-13-27(10-7-17(20)14-28)22-25-8-2-9-26-22/h1-6,8-9,11-12,14,17,20H,7,10,13,24H2. The molecule has 0 spiro atoms. The van der Waals surface area contributed by atoms with Gasteiger partial charge in [-0.3, -0.25) is 0 Å². The predicted octanol–water partition coefficient (Wildman–Crippen LogP) is 4.19. The van der Waals surface area contributed by atoms with E-state index in [-0.39, 0.29) is 11.8 Å². The fourth-order valence-electron chi connectivity index (χ4n) is 3.86. The molecule has 0 saturated carbocycles. The van der Waals surface area contributed by atoms with Crippen LogP contribution in [0.1, 0.15) is 17.9 Å². The van der Waals surface area contributed by atoms with E-state index in [1.807, 2.05) is 42.5 Å². The van der Waals surface area contributed by atoms with Gasteiger partial charge in [-0.25, -0.2) is 9.97 Å². The highest BCUT2D eigenvalue weighted by molar-refractivity contribution is 6.30. The number of anilines is 2. The summed E-state index contributed by atoms with van der Waals surface area (Å²) in [5, 5.41) is 0.687. The molecule has 1 saturated heterocycles. The lowest BCUT2D eigenvalue weighted by Gasteiger charge is -2.37.